The van der Waals surface area contributed by atoms with Gasteiger partial charge in [-0.05, 0) is 61.2 Å². The SMILES string of the molecule is N#Cc1cncc(N2CCN(C(=O)c3cc(Cc4n[nH]c(=O)c5ccc(OC6CCC6)cc45)ccc3F)CC2)c1. The van der Waals surface area contributed by atoms with E-state index in [1.807, 2.05) is 6.07 Å². The van der Waals surface area contributed by atoms with Crippen LogP contribution in [0.4, 0.5) is 10.1 Å². The normalized spacial score (nSPS) is 15.5. The van der Waals surface area contributed by atoms with Crippen LogP contribution in [0.1, 0.15) is 46.4 Å². The molecule has 9 nitrogen and oxygen atoms in total. The largest absolute Gasteiger partial charge is 0.490 e. The Bertz CT molecular complexity index is 1690. The molecule has 6 rings (SSSR count). The Labute approximate surface area is 229 Å². The fourth-order valence-corrected chi connectivity index (χ4v) is 5.13. The first-order valence-corrected chi connectivity index (χ1v) is 13.3. The molecule has 2 fully saturated rings. The summed E-state index contributed by atoms with van der Waals surface area (Å²) in [5.41, 5.74) is 2.32. The molecule has 1 saturated heterocycles. The number of fused-ring (bicyclic) bond motifs is 1. The molecule has 0 unspecified atom stereocenters. The van der Waals surface area contributed by atoms with Crippen molar-refractivity contribution in [1.82, 2.24) is 20.1 Å². The van der Waals surface area contributed by atoms with Crippen molar-refractivity contribution in [2.45, 2.75) is 31.8 Å². The fraction of sp³-hybridized carbons (Fsp3) is 0.300. The highest BCUT2D eigenvalue weighted by molar-refractivity contribution is 5.95. The minimum absolute atomic E-state index is 0.00169. The van der Waals surface area contributed by atoms with Crippen molar-refractivity contribution in [3.8, 4) is 11.8 Å². The molecule has 10 heteroatoms. The second kappa shape index (κ2) is 10.8. The van der Waals surface area contributed by atoms with Crippen LogP contribution in [-0.2, 0) is 6.42 Å². The van der Waals surface area contributed by atoms with Gasteiger partial charge in [0.1, 0.15) is 17.6 Å². The van der Waals surface area contributed by atoms with Gasteiger partial charge in [-0.2, -0.15) is 10.4 Å². The number of carbonyl (C=O) groups excluding carboxylic acids is 1. The van der Waals surface area contributed by atoms with Gasteiger partial charge in [-0.25, -0.2) is 9.49 Å². The molecule has 4 aromatic rings. The minimum Gasteiger partial charge on any atom is -0.490 e. The predicted molar refractivity (Wildman–Crippen MR) is 147 cm³/mol. The number of halogens is 1. The molecule has 40 heavy (non-hydrogen) atoms. The molecule has 1 amide bonds. The summed E-state index contributed by atoms with van der Waals surface area (Å²) < 4.78 is 20.9. The number of nitriles is 1. The molecule has 2 aromatic carbocycles. The van der Waals surface area contributed by atoms with E-state index in [1.165, 1.54) is 12.3 Å². The maximum atomic E-state index is 14.9. The van der Waals surface area contributed by atoms with Gasteiger partial charge in [-0.3, -0.25) is 14.6 Å². The van der Waals surface area contributed by atoms with Gasteiger partial charge < -0.3 is 14.5 Å². The van der Waals surface area contributed by atoms with Gasteiger partial charge in [-0.1, -0.05) is 6.07 Å². The van der Waals surface area contributed by atoms with E-state index in [2.05, 4.69) is 26.2 Å². The van der Waals surface area contributed by atoms with E-state index in [1.54, 1.807) is 41.4 Å². The van der Waals surface area contributed by atoms with Crippen LogP contribution >= 0.6 is 0 Å². The molecule has 3 heterocycles. The zero-order valence-electron chi connectivity index (χ0n) is 21.8. The molecule has 1 aliphatic heterocycles. The molecule has 1 N–H and O–H groups in total. The van der Waals surface area contributed by atoms with E-state index < -0.39 is 5.82 Å². The Balaban J connectivity index is 1.20. The van der Waals surface area contributed by atoms with Crippen molar-refractivity contribution in [3.05, 3.63) is 93.4 Å². The van der Waals surface area contributed by atoms with E-state index in [4.69, 9.17) is 10.00 Å². The highest BCUT2D eigenvalue weighted by atomic mass is 19.1. The van der Waals surface area contributed by atoms with Crippen LogP contribution in [0.2, 0.25) is 0 Å². The van der Waals surface area contributed by atoms with Crippen LogP contribution in [-0.4, -0.2) is 58.3 Å². The van der Waals surface area contributed by atoms with Crippen molar-refractivity contribution in [2.75, 3.05) is 31.1 Å². The third-order valence-electron chi connectivity index (χ3n) is 7.61. The molecule has 2 aliphatic rings. The molecule has 1 aliphatic carbocycles. The van der Waals surface area contributed by atoms with Crippen molar-refractivity contribution in [2.24, 2.45) is 0 Å². The number of benzene rings is 2. The number of hydrogen-bond donors (Lipinski definition) is 1. The number of nitrogens with one attached hydrogen (secondary N) is 1. The lowest BCUT2D eigenvalue weighted by atomic mass is 9.96. The summed E-state index contributed by atoms with van der Waals surface area (Å²) in [6.07, 6.45) is 6.89. The zero-order chi connectivity index (χ0) is 27.6. The Morgan fingerprint density at radius 3 is 2.65 bits per heavy atom. The molecule has 0 bridgehead atoms. The van der Waals surface area contributed by atoms with Crippen LogP contribution in [0.15, 0.2) is 59.7 Å². The van der Waals surface area contributed by atoms with Crippen LogP contribution in [0.5, 0.6) is 5.75 Å². The summed E-state index contributed by atoms with van der Waals surface area (Å²) in [6.45, 7) is 1.91. The molecule has 202 valence electrons. The smallest absolute Gasteiger partial charge is 0.272 e. The van der Waals surface area contributed by atoms with E-state index in [0.29, 0.717) is 65.9 Å². The average Bonchev–Trinajstić information content (AvgIpc) is 2.97. The lowest BCUT2D eigenvalue weighted by Gasteiger charge is -2.36. The summed E-state index contributed by atoms with van der Waals surface area (Å²) in [5, 5.41) is 17.1. The number of anilines is 1. The van der Waals surface area contributed by atoms with Crippen LogP contribution in [0, 0.1) is 17.1 Å². The first-order valence-electron chi connectivity index (χ1n) is 13.3. The van der Waals surface area contributed by atoms with Crippen LogP contribution in [0.3, 0.4) is 0 Å². The summed E-state index contributed by atoms with van der Waals surface area (Å²) in [6, 6.07) is 13.7. The van der Waals surface area contributed by atoms with Gasteiger partial charge in [-0.15, -0.1) is 0 Å². The average molecular weight is 539 g/mol. The maximum Gasteiger partial charge on any atom is 0.272 e. The monoisotopic (exact) mass is 538 g/mol. The predicted octanol–water partition coefficient (Wildman–Crippen LogP) is 3.81. The molecule has 1 saturated carbocycles. The number of hydrogen-bond acceptors (Lipinski definition) is 7. The fourth-order valence-electron chi connectivity index (χ4n) is 5.13. The number of ether oxygens (including phenoxy) is 1. The van der Waals surface area contributed by atoms with Gasteiger partial charge in [0.05, 0.1) is 40.2 Å². The number of aromatic nitrogens is 3. The number of nitrogens with zero attached hydrogens (tertiary/aromatic N) is 5. The van der Waals surface area contributed by atoms with Gasteiger partial charge in [0, 0.05) is 44.2 Å². The zero-order valence-corrected chi connectivity index (χ0v) is 21.8. The van der Waals surface area contributed by atoms with Crippen molar-refractivity contribution in [3.63, 3.8) is 0 Å². The third kappa shape index (κ3) is 5.10. The topological polar surface area (TPSA) is 115 Å². The number of carbonyl (C=O) groups is 1. The number of rotatable bonds is 6. The highest BCUT2D eigenvalue weighted by Gasteiger charge is 2.25. The summed E-state index contributed by atoms with van der Waals surface area (Å²) in [4.78, 5) is 33.6. The second-order valence-corrected chi connectivity index (χ2v) is 10.2. The van der Waals surface area contributed by atoms with Crippen molar-refractivity contribution in [1.29, 1.82) is 5.26 Å². The summed E-state index contributed by atoms with van der Waals surface area (Å²) in [7, 11) is 0. The minimum atomic E-state index is -0.586. The molecular formula is C30H27FN6O3. The number of piperazine rings is 1. The Morgan fingerprint density at radius 1 is 1.07 bits per heavy atom. The standard InChI is InChI=1S/C30H27FN6O3/c31-27-7-4-19(14-28-25-15-23(40-22-2-1-3-22)5-6-24(25)29(38)35-34-28)13-26(27)30(39)37-10-8-36(9-11-37)21-12-20(16-32)17-33-18-21/h4-7,12-13,15,17-18,22H,1-3,8-11,14H2,(H,35,38). The maximum absolute atomic E-state index is 14.9. The summed E-state index contributed by atoms with van der Waals surface area (Å²) >= 11 is 0. The van der Waals surface area contributed by atoms with Crippen molar-refractivity contribution < 1.29 is 13.9 Å². The van der Waals surface area contributed by atoms with Gasteiger partial charge in [0.25, 0.3) is 11.5 Å². The lowest BCUT2D eigenvalue weighted by Crippen LogP contribution is -2.49. The lowest BCUT2D eigenvalue weighted by molar-refractivity contribution is 0.0742. The number of pyridine rings is 1. The number of amides is 1. The molecule has 0 spiro atoms. The number of H-pyrrole nitrogens is 1. The first-order chi connectivity index (χ1) is 19.5. The Morgan fingerprint density at radius 2 is 1.90 bits per heavy atom. The molecule has 2 aromatic heterocycles. The third-order valence-corrected chi connectivity index (χ3v) is 7.61. The van der Waals surface area contributed by atoms with E-state index in [9.17, 15) is 14.0 Å². The van der Waals surface area contributed by atoms with Crippen molar-refractivity contribution >= 4 is 22.4 Å². The van der Waals surface area contributed by atoms with Gasteiger partial charge >= 0.3 is 0 Å². The Kier molecular flexibility index (Phi) is 6.86. The van der Waals surface area contributed by atoms with Gasteiger partial charge in [0.15, 0.2) is 0 Å². The molecule has 0 radical (unpaired) electrons. The van der Waals surface area contributed by atoms with E-state index in [0.717, 1.165) is 24.9 Å². The van der Waals surface area contributed by atoms with Crippen LogP contribution < -0.4 is 15.2 Å². The molecular weight excluding hydrogens is 511 g/mol. The first kappa shape index (κ1) is 25.5. The second-order valence-electron chi connectivity index (χ2n) is 10.2. The quantitative estimate of drug-likeness (QED) is 0.397. The number of aromatic amines is 1. The van der Waals surface area contributed by atoms with E-state index in [-0.39, 0.29) is 23.1 Å². The van der Waals surface area contributed by atoms with E-state index >= 15 is 0 Å². The van der Waals surface area contributed by atoms with Crippen LogP contribution in [0.25, 0.3) is 10.8 Å². The Hall–Kier alpha value is -4.78. The summed E-state index contributed by atoms with van der Waals surface area (Å²) in [5.74, 6) is -0.272. The highest BCUT2D eigenvalue weighted by Crippen LogP contribution is 2.28. The molecule has 0 atom stereocenters. The van der Waals surface area contributed by atoms with Gasteiger partial charge in [0.2, 0.25) is 0 Å².